The second kappa shape index (κ2) is 7.79. The fourth-order valence-corrected chi connectivity index (χ4v) is 1.56. The number of rotatable bonds is 7. The topological polar surface area (TPSA) is 62.2 Å². The average molecular weight is 236 g/mol. The number of aromatic nitrogens is 1. The van der Waals surface area contributed by atoms with E-state index in [2.05, 4.69) is 10.3 Å². The Bertz CT molecular complexity index is 327. The molecule has 0 saturated carbocycles. The SMILES string of the molecule is CCCC(O)CNC(=O)CCc1cccnc1. The number of nitrogens with zero attached hydrogens (tertiary/aromatic N) is 1. The van der Waals surface area contributed by atoms with E-state index in [4.69, 9.17) is 0 Å². The monoisotopic (exact) mass is 236 g/mol. The van der Waals surface area contributed by atoms with Crippen molar-refractivity contribution < 1.29 is 9.90 Å². The molecule has 1 atom stereocenters. The van der Waals surface area contributed by atoms with Crippen molar-refractivity contribution in [3.8, 4) is 0 Å². The van der Waals surface area contributed by atoms with E-state index in [0.717, 1.165) is 18.4 Å². The van der Waals surface area contributed by atoms with Crippen molar-refractivity contribution in [1.29, 1.82) is 0 Å². The molecule has 0 aliphatic heterocycles. The van der Waals surface area contributed by atoms with Gasteiger partial charge in [0.05, 0.1) is 6.10 Å². The number of aliphatic hydroxyl groups is 1. The van der Waals surface area contributed by atoms with Crippen LogP contribution in [0, 0.1) is 0 Å². The molecule has 0 fully saturated rings. The van der Waals surface area contributed by atoms with Crippen LogP contribution in [-0.2, 0) is 11.2 Å². The second-order valence-electron chi connectivity index (χ2n) is 4.11. The average Bonchev–Trinajstić information content (AvgIpc) is 2.35. The summed E-state index contributed by atoms with van der Waals surface area (Å²) in [5.74, 6) is -0.0241. The highest BCUT2D eigenvalue weighted by Crippen LogP contribution is 2.00. The first-order valence-corrected chi connectivity index (χ1v) is 6.06. The number of amides is 1. The first kappa shape index (κ1) is 13.6. The lowest BCUT2D eigenvalue weighted by Gasteiger charge is -2.10. The predicted octanol–water partition coefficient (Wildman–Crippen LogP) is 1.29. The van der Waals surface area contributed by atoms with Gasteiger partial charge in [0.1, 0.15) is 0 Å². The van der Waals surface area contributed by atoms with Gasteiger partial charge in [0.25, 0.3) is 0 Å². The fraction of sp³-hybridized carbons (Fsp3) is 0.538. The van der Waals surface area contributed by atoms with Gasteiger partial charge >= 0.3 is 0 Å². The van der Waals surface area contributed by atoms with Crippen LogP contribution in [0.4, 0.5) is 0 Å². The maximum atomic E-state index is 11.5. The minimum Gasteiger partial charge on any atom is -0.391 e. The molecule has 4 nitrogen and oxygen atoms in total. The molecule has 0 aliphatic carbocycles. The van der Waals surface area contributed by atoms with Gasteiger partial charge < -0.3 is 10.4 Å². The lowest BCUT2D eigenvalue weighted by atomic mass is 10.1. The lowest BCUT2D eigenvalue weighted by Crippen LogP contribution is -2.32. The number of hydrogen-bond acceptors (Lipinski definition) is 3. The van der Waals surface area contributed by atoms with Crippen LogP contribution in [0.3, 0.4) is 0 Å². The molecule has 0 aliphatic rings. The molecule has 1 aromatic rings. The number of aliphatic hydroxyl groups excluding tert-OH is 1. The number of carbonyl (C=O) groups excluding carboxylic acids is 1. The molecular weight excluding hydrogens is 216 g/mol. The van der Waals surface area contributed by atoms with Crippen molar-refractivity contribution in [3.05, 3.63) is 30.1 Å². The van der Waals surface area contributed by atoms with Gasteiger partial charge in [0.2, 0.25) is 5.91 Å². The van der Waals surface area contributed by atoms with Crippen molar-refractivity contribution in [2.45, 2.75) is 38.7 Å². The quantitative estimate of drug-likeness (QED) is 0.750. The molecule has 1 rings (SSSR count). The Labute approximate surface area is 102 Å². The van der Waals surface area contributed by atoms with Crippen LogP contribution in [0.2, 0.25) is 0 Å². The van der Waals surface area contributed by atoms with Crippen molar-refractivity contribution in [2.24, 2.45) is 0 Å². The normalized spacial score (nSPS) is 12.1. The zero-order chi connectivity index (χ0) is 12.5. The number of pyridine rings is 1. The molecular formula is C13H20N2O2. The number of aryl methyl sites for hydroxylation is 1. The molecule has 4 heteroatoms. The van der Waals surface area contributed by atoms with E-state index < -0.39 is 6.10 Å². The van der Waals surface area contributed by atoms with E-state index in [0.29, 0.717) is 19.4 Å². The third-order valence-corrected chi connectivity index (χ3v) is 2.52. The van der Waals surface area contributed by atoms with Gasteiger partial charge in [-0.25, -0.2) is 0 Å². The van der Waals surface area contributed by atoms with E-state index in [1.165, 1.54) is 0 Å². The third-order valence-electron chi connectivity index (χ3n) is 2.52. The van der Waals surface area contributed by atoms with E-state index in [9.17, 15) is 9.90 Å². The van der Waals surface area contributed by atoms with Crippen LogP contribution < -0.4 is 5.32 Å². The lowest BCUT2D eigenvalue weighted by molar-refractivity contribution is -0.121. The smallest absolute Gasteiger partial charge is 0.220 e. The number of hydrogen-bond donors (Lipinski definition) is 2. The molecule has 0 radical (unpaired) electrons. The summed E-state index contributed by atoms with van der Waals surface area (Å²) in [7, 11) is 0. The minimum atomic E-state index is -0.428. The molecule has 2 N–H and O–H groups in total. The third kappa shape index (κ3) is 6.02. The van der Waals surface area contributed by atoms with Gasteiger partial charge in [-0.3, -0.25) is 9.78 Å². The maximum absolute atomic E-state index is 11.5. The minimum absolute atomic E-state index is 0.0241. The van der Waals surface area contributed by atoms with Gasteiger partial charge in [0, 0.05) is 25.4 Å². The zero-order valence-electron chi connectivity index (χ0n) is 10.2. The fourth-order valence-electron chi connectivity index (χ4n) is 1.56. The van der Waals surface area contributed by atoms with Crippen LogP contribution in [0.25, 0.3) is 0 Å². The molecule has 0 spiro atoms. The Morgan fingerprint density at radius 2 is 2.41 bits per heavy atom. The Kier molecular flexibility index (Phi) is 6.25. The summed E-state index contributed by atoms with van der Waals surface area (Å²) in [6, 6.07) is 3.81. The molecule has 1 heterocycles. The first-order chi connectivity index (χ1) is 8.22. The maximum Gasteiger partial charge on any atom is 0.220 e. The van der Waals surface area contributed by atoms with E-state index in [1.807, 2.05) is 19.1 Å². The highest BCUT2D eigenvalue weighted by molar-refractivity contribution is 5.76. The Balaban J connectivity index is 2.17. The summed E-state index contributed by atoms with van der Waals surface area (Å²) < 4.78 is 0. The van der Waals surface area contributed by atoms with Crippen molar-refractivity contribution in [1.82, 2.24) is 10.3 Å². The molecule has 0 bridgehead atoms. The van der Waals surface area contributed by atoms with E-state index >= 15 is 0 Å². The summed E-state index contributed by atoms with van der Waals surface area (Å²) in [4.78, 5) is 15.5. The van der Waals surface area contributed by atoms with Crippen LogP contribution >= 0.6 is 0 Å². The molecule has 0 saturated heterocycles. The molecule has 1 aromatic heterocycles. The van der Waals surface area contributed by atoms with Gasteiger partial charge in [-0.15, -0.1) is 0 Å². The summed E-state index contributed by atoms with van der Waals surface area (Å²) in [5, 5.41) is 12.2. The molecule has 1 amide bonds. The Morgan fingerprint density at radius 3 is 3.06 bits per heavy atom. The standard InChI is InChI=1S/C13H20N2O2/c1-2-4-12(16)10-15-13(17)7-6-11-5-3-8-14-9-11/h3,5,8-9,12,16H,2,4,6-7,10H2,1H3,(H,15,17). The first-order valence-electron chi connectivity index (χ1n) is 6.06. The summed E-state index contributed by atoms with van der Waals surface area (Å²) in [6.45, 7) is 2.35. The Hall–Kier alpha value is -1.42. The Morgan fingerprint density at radius 1 is 1.59 bits per heavy atom. The number of nitrogens with one attached hydrogen (secondary N) is 1. The number of carbonyl (C=O) groups is 1. The molecule has 17 heavy (non-hydrogen) atoms. The predicted molar refractivity (Wildman–Crippen MR) is 66.5 cm³/mol. The van der Waals surface area contributed by atoms with Crippen LogP contribution in [0.5, 0.6) is 0 Å². The van der Waals surface area contributed by atoms with Crippen molar-refractivity contribution in [2.75, 3.05) is 6.54 Å². The molecule has 94 valence electrons. The highest BCUT2D eigenvalue weighted by atomic mass is 16.3. The van der Waals surface area contributed by atoms with Crippen molar-refractivity contribution in [3.63, 3.8) is 0 Å². The second-order valence-corrected chi connectivity index (χ2v) is 4.11. The molecule has 0 aromatic carbocycles. The van der Waals surface area contributed by atoms with Crippen LogP contribution in [0.15, 0.2) is 24.5 Å². The van der Waals surface area contributed by atoms with Crippen LogP contribution in [-0.4, -0.2) is 28.6 Å². The highest BCUT2D eigenvalue weighted by Gasteiger charge is 2.06. The van der Waals surface area contributed by atoms with Crippen molar-refractivity contribution >= 4 is 5.91 Å². The van der Waals surface area contributed by atoms with E-state index in [1.54, 1.807) is 12.4 Å². The van der Waals surface area contributed by atoms with Gasteiger partial charge in [0.15, 0.2) is 0 Å². The summed E-state index contributed by atoms with van der Waals surface area (Å²) in [6.07, 6.45) is 5.82. The summed E-state index contributed by atoms with van der Waals surface area (Å²) >= 11 is 0. The van der Waals surface area contributed by atoms with E-state index in [-0.39, 0.29) is 5.91 Å². The zero-order valence-corrected chi connectivity index (χ0v) is 10.2. The van der Waals surface area contributed by atoms with Gasteiger partial charge in [-0.05, 0) is 24.5 Å². The molecule has 1 unspecified atom stereocenters. The van der Waals surface area contributed by atoms with Gasteiger partial charge in [-0.2, -0.15) is 0 Å². The van der Waals surface area contributed by atoms with Gasteiger partial charge in [-0.1, -0.05) is 19.4 Å². The van der Waals surface area contributed by atoms with Crippen LogP contribution in [0.1, 0.15) is 31.7 Å². The largest absolute Gasteiger partial charge is 0.391 e. The summed E-state index contributed by atoms with van der Waals surface area (Å²) in [5.41, 5.74) is 1.05.